The summed E-state index contributed by atoms with van der Waals surface area (Å²) in [4.78, 5) is 11.7. The molecule has 0 unspecified atom stereocenters. The topological polar surface area (TPSA) is 49.3 Å². The van der Waals surface area contributed by atoms with Gasteiger partial charge in [0, 0.05) is 11.8 Å². The summed E-state index contributed by atoms with van der Waals surface area (Å²) < 4.78 is 12.7. The highest BCUT2D eigenvalue weighted by Crippen LogP contribution is 2.10. The van der Waals surface area contributed by atoms with Crippen LogP contribution in [0.25, 0.3) is 6.08 Å². The van der Waals surface area contributed by atoms with Crippen LogP contribution in [0.4, 0.5) is 10.1 Å². The molecule has 2 N–H and O–H groups in total. The van der Waals surface area contributed by atoms with Crippen molar-refractivity contribution >= 4 is 17.7 Å². The maximum Gasteiger partial charge on any atom is 0.248 e. The molecule has 0 aliphatic heterocycles. The minimum Gasteiger partial charge on any atom is -0.392 e. The zero-order valence-electron chi connectivity index (χ0n) is 10.7. The van der Waals surface area contributed by atoms with Gasteiger partial charge < -0.3 is 10.4 Å². The van der Waals surface area contributed by atoms with Gasteiger partial charge in [-0.05, 0) is 41.5 Å². The third-order valence-electron chi connectivity index (χ3n) is 2.70. The Bertz CT molecular complexity index is 603. The van der Waals surface area contributed by atoms with Gasteiger partial charge in [-0.3, -0.25) is 4.79 Å². The summed E-state index contributed by atoms with van der Waals surface area (Å²) in [7, 11) is 0. The molecule has 4 heteroatoms. The third kappa shape index (κ3) is 4.03. The lowest BCUT2D eigenvalue weighted by atomic mass is 10.2. The van der Waals surface area contributed by atoms with Crippen LogP contribution in [0.15, 0.2) is 54.6 Å². The van der Waals surface area contributed by atoms with Gasteiger partial charge in [0.05, 0.1) is 6.61 Å². The maximum atomic E-state index is 12.7. The Kier molecular flexibility index (Phi) is 4.63. The van der Waals surface area contributed by atoms with Crippen LogP contribution < -0.4 is 5.32 Å². The monoisotopic (exact) mass is 271 g/mol. The summed E-state index contributed by atoms with van der Waals surface area (Å²) >= 11 is 0. The first-order valence-corrected chi connectivity index (χ1v) is 6.12. The first kappa shape index (κ1) is 14.0. The molecule has 0 atom stereocenters. The van der Waals surface area contributed by atoms with Crippen molar-refractivity contribution in [2.24, 2.45) is 0 Å². The molecule has 1 amide bonds. The molecule has 0 aliphatic carbocycles. The predicted molar refractivity (Wildman–Crippen MR) is 76.4 cm³/mol. The van der Waals surface area contributed by atoms with Crippen molar-refractivity contribution in [3.05, 3.63) is 71.6 Å². The summed E-state index contributed by atoms with van der Waals surface area (Å²) in [5, 5.41) is 11.6. The molecule has 0 radical (unpaired) electrons. The van der Waals surface area contributed by atoms with E-state index in [1.807, 2.05) is 0 Å². The van der Waals surface area contributed by atoms with E-state index >= 15 is 0 Å². The van der Waals surface area contributed by atoms with Gasteiger partial charge in [0.2, 0.25) is 5.91 Å². The number of aliphatic hydroxyl groups excluding tert-OH is 1. The van der Waals surface area contributed by atoms with Crippen molar-refractivity contribution < 1.29 is 14.3 Å². The van der Waals surface area contributed by atoms with Crippen LogP contribution in [0.3, 0.4) is 0 Å². The SMILES string of the molecule is O=C(C=Cc1ccc(F)cc1)Nc1ccc(CO)cc1. The van der Waals surface area contributed by atoms with Gasteiger partial charge >= 0.3 is 0 Å². The molecule has 0 bridgehead atoms. The minimum absolute atomic E-state index is 0.0291. The van der Waals surface area contributed by atoms with Crippen molar-refractivity contribution in [1.82, 2.24) is 0 Å². The number of benzene rings is 2. The van der Waals surface area contributed by atoms with Gasteiger partial charge in [-0.15, -0.1) is 0 Å². The van der Waals surface area contributed by atoms with E-state index in [9.17, 15) is 9.18 Å². The molecule has 0 aliphatic rings. The molecule has 0 heterocycles. The molecule has 3 nitrogen and oxygen atoms in total. The summed E-state index contributed by atoms with van der Waals surface area (Å²) in [6, 6.07) is 12.8. The van der Waals surface area contributed by atoms with E-state index in [0.717, 1.165) is 11.1 Å². The fraction of sp³-hybridized carbons (Fsp3) is 0.0625. The van der Waals surface area contributed by atoms with Crippen molar-refractivity contribution in [2.75, 3.05) is 5.32 Å². The molecule has 20 heavy (non-hydrogen) atoms. The highest BCUT2D eigenvalue weighted by Gasteiger charge is 1.98. The van der Waals surface area contributed by atoms with Gasteiger partial charge in [-0.25, -0.2) is 4.39 Å². The highest BCUT2D eigenvalue weighted by atomic mass is 19.1. The van der Waals surface area contributed by atoms with Gasteiger partial charge in [0.15, 0.2) is 0 Å². The van der Waals surface area contributed by atoms with Crippen LogP contribution in [-0.2, 0) is 11.4 Å². The van der Waals surface area contributed by atoms with E-state index < -0.39 is 0 Å². The first-order valence-electron chi connectivity index (χ1n) is 6.12. The summed E-state index contributed by atoms with van der Waals surface area (Å²) in [5.41, 5.74) is 2.18. The smallest absolute Gasteiger partial charge is 0.248 e. The Morgan fingerprint density at radius 2 is 1.75 bits per heavy atom. The third-order valence-corrected chi connectivity index (χ3v) is 2.70. The first-order chi connectivity index (χ1) is 9.67. The normalized spacial score (nSPS) is 10.7. The van der Waals surface area contributed by atoms with Gasteiger partial charge in [0.1, 0.15) is 5.82 Å². The Hall–Kier alpha value is -2.46. The highest BCUT2D eigenvalue weighted by molar-refractivity contribution is 6.01. The molecular weight excluding hydrogens is 257 g/mol. The zero-order chi connectivity index (χ0) is 14.4. The molecule has 0 saturated carbocycles. The van der Waals surface area contributed by atoms with Gasteiger partial charge in [-0.1, -0.05) is 24.3 Å². The number of carbonyl (C=O) groups excluding carboxylic acids is 1. The van der Waals surface area contributed by atoms with Crippen molar-refractivity contribution in [3.63, 3.8) is 0 Å². The average Bonchev–Trinajstić information content (AvgIpc) is 2.47. The number of anilines is 1. The average molecular weight is 271 g/mol. The molecule has 2 aromatic carbocycles. The Balaban J connectivity index is 1.96. The molecule has 0 aromatic heterocycles. The lowest BCUT2D eigenvalue weighted by molar-refractivity contribution is -0.111. The Morgan fingerprint density at radius 3 is 2.35 bits per heavy atom. The van der Waals surface area contributed by atoms with Crippen molar-refractivity contribution in [3.8, 4) is 0 Å². The summed E-state index contributed by atoms with van der Waals surface area (Å²) in [5.74, 6) is -0.582. The van der Waals surface area contributed by atoms with Crippen LogP contribution in [0.5, 0.6) is 0 Å². The number of aliphatic hydroxyl groups is 1. The number of carbonyl (C=O) groups is 1. The van der Waals surface area contributed by atoms with E-state index in [2.05, 4.69) is 5.32 Å². The molecule has 102 valence electrons. The number of nitrogens with one attached hydrogen (secondary N) is 1. The maximum absolute atomic E-state index is 12.7. The number of hydrogen-bond donors (Lipinski definition) is 2. The molecule has 2 aromatic rings. The Morgan fingerprint density at radius 1 is 1.10 bits per heavy atom. The number of amides is 1. The molecular formula is C16H14FNO2. The zero-order valence-corrected chi connectivity index (χ0v) is 10.7. The van der Waals surface area contributed by atoms with Crippen molar-refractivity contribution in [1.29, 1.82) is 0 Å². The van der Waals surface area contributed by atoms with Crippen LogP contribution >= 0.6 is 0 Å². The van der Waals surface area contributed by atoms with Gasteiger partial charge in [-0.2, -0.15) is 0 Å². The number of rotatable bonds is 4. The van der Waals surface area contributed by atoms with Crippen LogP contribution in [0.2, 0.25) is 0 Å². The fourth-order valence-electron chi connectivity index (χ4n) is 1.62. The summed E-state index contributed by atoms with van der Waals surface area (Å²) in [6.45, 7) is -0.0291. The lowest BCUT2D eigenvalue weighted by Crippen LogP contribution is -2.07. The lowest BCUT2D eigenvalue weighted by Gasteiger charge is -2.03. The standard InChI is InChI=1S/C16H14FNO2/c17-14-6-1-12(2-7-14)5-10-16(20)18-15-8-3-13(11-19)4-9-15/h1-10,19H,11H2,(H,18,20). The van der Waals surface area contributed by atoms with E-state index in [0.29, 0.717) is 5.69 Å². The fourth-order valence-corrected chi connectivity index (χ4v) is 1.62. The van der Waals surface area contributed by atoms with Crippen molar-refractivity contribution in [2.45, 2.75) is 6.61 Å². The molecule has 2 rings (SSSR count). The summed E-state index contributed by atoms with van der Waals surface area (Å²) in [6.07, 6.45) is 2.99. The second-order valence-corrected chi connectivity index (χ2v) is 4.23. The van der Waals surface area contributed by atoms with Crippen LogP contribution in [0, 0.1) is 5.82 Å². The Labute approximate surface area is 116 Å². The predicted octanol–water partition coefficient (Wildman–Crippen LogP) is 2.97. The number of hydrogen-bond acceptors (Lipinski definition) is 2. The largest absolute Gasteiger partial charge is 0.392 e. The van der Waals surface area contributed by atoms with Gasteiger partial charge in [0.25, 0.3) is 0 Å². The second-order valence-electron chi connectivity index (χ2n) is 4.23. The number of halogens is 1. The second kappa shape index (κ2) is 6.63. The molecule has 0 saturated heterocycles. The quantitative estimate of drug-likeness (QED) is 0.840. The van der Waals surface area contributed by atoms with Crippen LogP contribution in [0.1, 0.15) is 11.1 Å². The van der Waals surface area contributed by atoms with E-state index in [1.54, 1.807) is 42.5 Å². The van der Waals surface area contributed by atoms with E-state index in [1.165, 1.54) is 18.2 Å². The molecule has 0 spiro atoms. The minimum atomic E-state index is -0.310. The molecule has 0 fully saturated rings. The van der Waals surface area contributed by atoms with E-state index in [4.69, 9.17) is 5.11 Å². The van der Waals surface area contributed by atoms with Crippen LogP contribution in [-0.4, -0.2) is 11.0 Å². The van der Waals surface area contributed by atoms with E-state index in [-0.39, 0.29) is 18.3 Å².